The van der Waals surface area contributed by atoms with Crippen molar-refractivity contribution in [1.82, 2.24) is 0 Å². The van der Waals surface area contributed by atoms with Crippen molar-refractivity contribution in [3.63, 3.8) is 0 Å². The largest absolute Gasteiger partial charge is 0.479 e. The lowest BCUT2D eigenvalue weighted by molar-refractivity contribution is -0.147. The fourth-order valence-electron chi connectivity index (χ4n) is 0.600. The summed E-state index contributed by atoms with van der Waals surface area (Å²) in [6.45, 7) is 6.53. The third-order valence-electron chi connectivity index (χ3n) is 1.54. The van der Waals surface area contributed by atoms with E-state index < -0.39 is 17.1 Å². The standard InChI is InChI=1S/C9H15NO4/c1-8(2,3)14-5-9(4,7(12)13)10-6-11/h5H2,1-4H3,(H,12,13). The summed E-state index contributed by atoms with van der Waals surface area (Å²) >= 11 is 0. The predicted molar refractivity (Wildman–Crippen MR) is 49.9 cm³/mol. The third-order valence-corrected chi connectivity index (χ3v) is 1.54. The third kappa shape index (κ3) is 4.16. The van der Waals surface area contributed by atoms with Gasteiger partial charge in [0.2, 0.25) is 6.08 Å². The molecule has 14 heavy (non-hydrogen) atoms. The minimum atomic E-state index is -1.55. The molecule has 1 atom stereocenters. The summed E-state index contributed by atoms with van der Waals surface area (Å²) in [6.07, 6.45) is 1.24. The molecule has 0 aromatic carbocycles. The van der Waals surface area contributed by atoms with Crippen molar-refractivity contribution in [2.24, 2.45) is 4.99 Å². The molecule has 0 aromatic rings. The lowest BCUT2D eigenvalue weighted by Gasteiger charge is -2.25. The molecule has 0 amide bonds. The minimum absolute atomic E-state index is 0.152. The Balaban J connectivity index is 4.55. The Morgan fingerprint density at radius 3 is 2.21 bits per heavy atom. The highest BCUT2D eigenvalue weighted by molar-refractivity contribution is 5.79. The fourth-order valence-corrected chi connectivity index (χ4v) is 0.600. The van der Waals surface area contributed by atoms with Gasteiger partial charge in [-0.25, -0.2) is 9.59 Å². The number of hydrogen-bond donors (Lipinski definition) is 1. The summed E-state index contributed by atoms with van der Waals surface area (Å²) < 4.78 is 5.25. The Morgan fingerprint density at radius 1 is 1.43 bits per heavy atom. The number of carboxylic acid groups (broad SMARTS) is 1. The smallest absolute Gasteiger partial charge is 0.334 e. The first-order valence-corrected chi connectivity index (χ1v) is 4.18. The number of carboxylic acids is 1. The highest BCUT2D eigenvalue weighted by atomic mass is 16.5. The zero-order valence-electron chi connectivity index (χ0n) is 8.83. The van der Waals surface area contributed by atoms with Crippen LogP contribution in [0.2, 0.25) is 0 Å². The van der Waals surface area contributed by atoms with Gasteiger partial charge in [0.15, 0.2) is 5.54 Å². The molecule has 0 radical (unpaired) electrons. The second-order valence-electron chi connectivity index (χ2n) is 4.18. The van der Waals surface area contributed by atoms with Gasteiger partial charge in [0.25, 0.3) is 0 Å². The molecular weight excluding hydrogens is 186 g/mol. The average molecular weight is 201 g/mol. The van der Waals surface area contributed by atoms with E-state index in [0.29, 0.717) is 0 Å². The molecule has 0 rings (SSSR count). The molecule has 0 spiro atoms. The first kappa shape index (κ1) is 12.8. The summed E-state index contributed by atoms with van der Waals surface area (Å²) in [5.41, 5.74) is -2.01. The molecule has 80 valence electrons. The van der Waals surface area contributed by atoms with Crippen LogP contribution in [0.4, 0.5) is 0 Å². The number of nitrogens with zero attached hydrogens (tertiary/aromatic N) is 1. The van der Waals surface area contributed by atoms with Crippen molar-refractivity contribution in [3.05, 3.63) is 0 Å². The number of carbonyl (C=O) groups excluding carboxylic acids is 1. The van der Waals surface area contributed by atoms with Gasteiger partial charge in [0, 0.05) is 0 Å². The van der Waals surface area contributed by atoms with Crippen molar-refractivity contribution in [3.8, 4) is 0 Å². The second kappa shape index (κ2) is 4.35. The van der Waals surface area contributed by atoms with E-state index >= 15 is 0 Å². The second-order valence-corrected chi connectivity index (χ2v) is 4.18. The SMILES string of the molecule is CC(C)(C)OCC(C)(N=C=O)C(=O)O. The number of aliphatic carboxylic acids is 1. The molecule has 0 heterocycles. The lowest BCUT2D eigenvalue weighted by Crippen LogP contribution is -2.40. The van der Waals surface area contributed by atoms with Gasteiger partial charge in [0.05, 0.1) is 12.2 Å². The maximum Gasteiger partial charge on any atom is 0.334 e. The quantitative estimate of drug-likeness (QED) is 0.543. The van der Waals surface area contributed by atoms with E-state index in [-0.39, 0.29) is 6.61 Å². The molecule has 0 aromatic heterocycles. The molecule has 5 heteroatoms. The van der Waals surface area contributed by atoms with Gasteiger partial charge in [-0.1, -0.05) is 0 Å². The topological polar surface area (TPSA) is 76.0 Å². The van der Waals surface area contributed by atoms with Gasteiger partial charge in [-0.2, -0.15) is 4.99 Å². The van der Waals surface area contributed by atoms with Gasteiger partial charge in [-0.3, -0.25) is 0 Å². The van der Waals surface area contributed by atoms with Gasteiger partial charge < -0.3 is 9.84 Å². The highest BCUT2D eigenvalue weighted by Gasteiger charge is 2.34. The Labute approximate surface area is 82.8 Å². The molecule has 1 N–H and O–H groups in total. The van der Waals surface area contributed by atoms with Crippen LogP contribution in [-0.2, 0) is 14.3 Å². The number of aliphatic imine (C=N–C) groups is 1. The van der Waals surface area contributed by atoms with Crippen LogP contribution in [0.25, 0.3) is 0 Å². The molecule has 0 aliphatic heterocycles. The van der Waals surface area contributed by atoms with E-state index in [1.165, 1.54) is 13.0 Å². The van der Waals surface area contributed by atoms with Crippen LogP contribution in [0, 0.1) is 0 Å². The summed E-state index contributed by atoms with van der Waals surface area (Å²) in [5.74, 6) is -1.20. The molecular formula is C9H15NO4. The maximum atomic E-state index is 10.8. The van der Waals surface area contributed by atoms with Crippen molar-refractivity contribution in [2.45, 2.75) is 38.8 Å². The Morgan fingerprint density at radius 2 is 1.93 bits per heavy atom. The monoisotopic (exact) mass is 201 g/mol. The van der Waals surface area contributed by atoms with E-state index in [9.17, 15) is 9.59 Å². The molecule has 0 aliphatic rings. The number of rotatable bonds is 4. The van der Waals surface area contributed by atoms with Crippen LogP contribution < -0.4 is 0 Å². The lowest BCUT2D eigenvalue weighted by atomic mass is 10.1. The minimum Gasteiger partial charge on any atom is -0.479 e. The zero-order valence-corrected chi connectivity index (χ0v) is 8.83. The van der Waals surface area contributed by atoms with Crippen LogP contribution in [0.15, 0.2) is 4.99 Å². The Bertz CT molecular complexity index is 258. The van der Waals surface area contributed by atoms with Crippen LogP contribution in [0.1, 0.15) is 27.7 Å². The molecule has 0 fully saturated rings. The van der Waals surface area contributed by atoms with E-state index in [1.54, 1.807) is 20.8 Å². The summed E-state index contributed by atoms with van der Waals surface area (Å²) in [4.78, 5) is 24.0. The average Bonchev–Trinajstić information content (AvgIpc) is 2.00. The molecule has 0 saturated carbocycles. The van der Waals surface area contributed by atoms with Crippen molar-refractivity contribution >= 4 is 12.0 Å². The summed E-state index contributed by atoms with van der Waals surface area (Å²) in [7, 11) is 0. The fraction of sp³-hybridized carbons (Fsp3) is 0.778. The van der Waals surface area contributed by atoms with Gasteiger partial charge >= 0.3 is 5.97 Å². The highest BCUT2D eigenvalue weighted by Crippen LogP contribution is 2.15. The predicted octanol–water partition coefficient (Wildman–Crippen LogP) is 0.981. The zero-order chi connectivity index (χ0) is 11.4. The molecule has 0 saturated heterocycles. The van der Waals surface area contributed by atoms with E-state index in [4.69, 9.17) is 9.84 Å². The molecule has 5 nitrogen and oxygen atoms in total. The normalized spacial score (nSPS) is 15.4. The van der Waals surface area contributed by atoms with E-state index in [1.807, 2.05) is 0 Å². The number of carbonyl (C=O) groups is 1. The van der Waals surface area contributed by atoms with Crippen LogP contribution in [0.5, 0.6) is 0 Å². The first-order chi connectivity index (χ1) is 6.21. The van der Waals surface area contributed by atoms with E-state index in [2.05, 4.69) is 4.99 Å². The molecule has 0 aliphatic carbocycles. The summed E-state index contributed by atoms with van der Waals surface area (Å²) in [5, 5.41) is 8.81. The van der Waals surface area contributed by atoms with Gasteiger partial charge in [-0.05, 0) is 27.7 Å². The first-order valence-electron chi connectivity index (χ1n) is 4.18. The van der Waals surface area contributed by atoms with Crippen molar-refractivity contribution < 1.29 is 19.4 Å². The number of ether oxygens (including phenoxy) is 1. The molecule has 1 unspecified atom stereocenters. The Hall–Kier alpha value is -1.19. The van der Waals surface area contributed by atoms with E-state index in [0.717, 1.165) is 0 Å². The van der Waals surface area contributed by atoms with Gasteiger partial charge in [-0.15, -0.1) is 0 Å². The maximum absolute atomic E-state index is 10.8. The Kier molecular flexibility index (Phi) is 3.98. The molecule has 0 bridgehead atoms. The number of isocyanates is 1. The summed E-state index contributed by atoms with van der Waals surface area (Å²) in [6, 6.07) is 0. The van der Waals surface area contributed by atoms with Crippen LogP contribution >= 0.6 is 0 Å². The van der Waals surface area contributed by atoms with Crippen LogP contribution in [-0.4, -0.2) is 34.9 Å². The van der Waals surface area contributed by atoms with Crippen molar-refractivity contribution in [2.75, 3.05) is 6.61 Å². The number of hydrogen-bond acceptors (Lipinski definition) is 4. The van der Waals surface area contributed by atoms with Crippen LogP contribution in [0.3, 0.4) is 0 Å². The van der Waals surface area contributed by atoms with Gasteiger partial charge in [0.1, 0.15) is 0 Å². The van der Waals surface area contributed by atoms with Crippen molar-refractivity contribution in [1.29, 1.82) is 0 Å².